The summed E-state index contributed by atoms with van der Waals surface area (Å²) < 4.78 is 6.65. The Hall–Kier alpha value is -6.70. The predicted octanol–water partition coefficient (Wildman–Crippen LogP) is 14.2. The first kappa shape index (κ1) is 29.2. The van der Waals surface area contributed by atoms with Crippen LogP contribution in [0.4, 0.5) is 0 Å². The highest BCUT2D eigenvalue weighted by Crippen LogP contribution is 2.47. The third-order valence-electron chi connectivity index (χ3n) is 10.3. The van der Waals surface area contributed by atoms with E-state index in [4.69, 9.17) is 4.42 Å². The molecule has 238 valence electrons. The van der Waals surface area contributed by atoms with E-state index < -0.39 is 0 Å². The van der Waals surface area contributed by atoms with Crippen LogP contribution in [-0.4, -0.2) is 0 Å². The molecule has 0 amide bonds. The zero-order valence-electron chi connectivity index (χ0n) is 27.9. The first-order chi connectivity index (χ1) is 25.3. The van der Waals surface area contributed by atoms with Crippen LogP contribution in [0.25, 0.3) is 99.1 Å². The summed E-state index contributed by atoms with van der Waals surface area (Å²) in [6.07, 6.45) is 0. The summed E-state index contributed by atoms with van der Waals surface area (Å²) in [6.45, 7) is 0. The molecule has 0 radical (unpaired) electrons. The Balaban J connectivity index is 1.17. The van der Waals surface area contributed by atoms with Crippen LogP contribution in [0.3, 0.4) is 0 Å². The van der Waals surface area contributed by atoms with Crippen molar-refractivity contribution in [3.63, 3.8) is 0 Å². The third-order valence-corrected chi connectivity index (χ3v) is 10.3. The van der Waals surface area contributed by atoms with E-state index >= 15 is 0 Å². The van der Waals surface area contributed by atoms with Gasteiger partial charge in [0.15, 0.2) is 0 Å². The van der Waals surface area contributed by atoms with Gasteiger partial charge in [0.1, 0.15) is 11.3 Å². The maximum Gasteiger partial charge on any atom is 0.143 e. The predicted molar refractivity (Wildman–Crippen MR) is 216 cm³/mol. The molecule has 0 N–H and O–H groups in total. The molecule has 10 aromatic rings. The minimum atomic E-state index is 0.883. The smallest absolute Gasteiger partial charge is 0.143 e. The first-order valence-electron chi connectivity index (χ1n) is 17.5. The highest BCUT2D eigenvalue weighted by atomic mass is 16.3. The molecule has 0 bridgehead atoms. The highest BCUT2D eigenvalue weighted by molar-refractivity contribution is 6.22. The lowest BCUT2D eigenvalue weighted by molar-refractivity contribution is 0.632. The molecule has 9 aromatic carbocycles. The van der Waals surface area contributed by atoms with Crippen LogP contribution < -0.4 is 0 Å². The molecular weight excluding hydrogens is 617 g/mol. The molecule has 0 aliphatic heterocycles. The molecule has 0 aliphatic carbocycles. The Labute approximate surface area is 296 Å². The zero-order valence-corrected chi connectivity index (χ0v) is 27.9. The molecular formula is C50H32O. The van der Waals surface area contributed by atoms with E-state index in [1.807, 2.05) is 6.07 Å². The normalized spacial score (nSPS) is 11.5. The van der Waals surface area contributed by atoms with Gasteiger partial charge in [-0.2, -0.15) is 0 Å². The third kappa shape index (κ3) is 4.94. The van der Waals surface area contributed by atoms with Crippen molar-refractivity contribution in [2.45, 2.75) is 0 Å². The van der Waals surface area contributed by atoms with Crippen LogP contribution in [-0.2, 0) is 0 Å². The Kier molecular flexibility index (Phi) is 6.89. The van der Waals surface area contributed by atoms with Crippen molar-refractivity contribution < 1.29 is 4.42 Å². The summed E-state index contributed by atoms with van der Waals surface area (Å²) in [5.41, 5.74) is 11.5. The van der Waals surface area contributed by atoms with Gasteiger partial charge in [0, 0.05) is 16.5 Å². The fourth-order valence-electron chi connectivity index (χ4n) is 7.89. The molecule has 0 spiro atoms. The van der Waals surface area contributed by atoms with Gasteiger partial charge in [0.2, 0.25) is 0 Å². The van der Waals surface area contributed by atoms with Crippen LogP contribution >= 0.6 is 0 Å². The number of fused-ring (bicyclic) bond motifs is 4. The molecule has 0 unspecified atom stereocenters. The summed E-state index contributed by atoms with van der Waals surface area (Å²) in [4.78, 5) is 0. The van der Waals surface area contributed by atoms with Crippen LogP contribution in [0.5, 0.6) is 0 Å². The standard InChI is InChI=1S/C50H32O/c1-3-14-35(15-4-1)49-45-32-40(29-30-46(45)51-50(49)37-16-5-2-6-17-37)48-43-21-11-9-19-41(43)47(42-20-10-12-22-44(42)48)36-26-23-34(24-27-36)39-28-25-33-13-7-8-18-38(33)31-39/h1-32H. The lowest BCUT2D eigenvalue weighted by Crippen LogP contribution is -1.91. The topological polar surface area (TPSA) is 13.1 Å². The molecule has 1 aromatic heterocycles. The Morgan fingerprint density at radius 3 is 1.37 bits per heavy atom. The van der Waals surface area contributed by atoms with Crippen LogP contribution in [0.2, 0.25) is 0 Å². The Morgan fingerprint density at radius 2 is 0.725 bits per heavy atom. The summed E-state index contributed by atoms with van der Waals surface area (Å²) in [7, 11) is 0. The van der Waals surface area contributed by atoms with Crippen molar-refractivity contribution in [2.75, 3.05) is 0 Å². The van der Waals surface area contributed by atoms with E-state index in [-0.39, 0.29) is 0 Å². The maximum atomic E-state index is 6.65. The number of benzene rings is 9. The van der Waals surface area contributed by atoms with E-state index in [1.165, 1.54) is 65.7 Å². The number of hydrogen-bond acceptors (Lipinski definition) is 1. The van der Waals surface area contributed by atoms with E-state index in [1.54, 1.807) is 0 Å². The van der Waals surface area contributed by atoms with Gasteiger partial charge < -0.3 is 4.42 Å². The van der Waals surface area contributed by atoms with Gasteiger partial charge >= 0.3 is 0 Å². The average Bonchev–Trinajstić information content (AvgIpc) is 3.59. The maximum absolute atomic E-state index is 6.65. The minimum Gasteiger partial charge on any atom is -0.455 e. The van der Waals surface area contributed by atoms with Crippen molar-refractivity contribution in [1.82, 2.24) is 0 Å². The number of hydrogen-bond donors (Lipinski definition) is 0. The first-order valence-corrected chi connectivity index (χ1v) is 17.5. The summed E-state index contributed by atoms with van der Waals surface area (Å²) in [5, 5.41) is 8.58. The lowest BCUT2D eigenvalue weighted by Gasteiger charge is -2.18. The molecule has 0 aliphatic rings. The van der Waals surface area contributed by atoms with E-state index in [0.717, 1.165) is 33.4 Å². The van der Waals surface area contributed by atoms with Crippen molar-refractivity contribution in [3.8, 4) is 55.8 Å². The summed E-state index contributed by atoms with van der Waals surface area (Å²) in [5.74, 6) is 0.895. The van der Waals surface area contributed by atoms with Gasteiger partial charge in [-0.15, -0.1) is 0 Å². The van der Waals surface area contributed by atoms with Gasteiger partial charge in [-0.3, -0.25) is 0 Å². The van der Waals surface area contributed by atoms with Crippen molar-refractivity contribution in [1.29, 1.82) is 0 Å². The second-order valence-corrected chi connectivity index (χ2v) is 13.2. The molecule has 1 heterocycles. The second-order valence-electron chi connectivity index (χ2n) is 13.2. The van der Waals surface area contributed by atoms with Crippen molar-refractivity contribution in [2.24, 2.45) is 0 Å². The lowest BCUT2D eigenvalue weighted by atomic mass is 9.85. The second kappa shape index (κ2) is 12.0. The fraction of sp³-hybridized carbons (Fsp3) is 0. The van der Waals surface area contributed by atoms with E-state index in [9.17, 15) is 0 Å². The fourth-order valence-corrected chi connectivity index (χ4v) is 7.89. The van der Waals surface area contributed by atoms with E-state index in [2.05, 4.69) is 188 Å². The molecule has 10 rings (SSSR count). The van der Waals surface area contributed by atoms with Crippen LogP contribution in [0, 0.1) is 0 Å². The Morgan fingerprint density at radius 1 is 0.255 bits per heavy atom. The molecule has 0 saturated carbocycles. The molecule has 0 atom stereocenters. The number of furan rings is 1. The Bertz CT molecular complexity index is 2820. The highest BCUT2D eigenvalue weighted by Gasteiger charge is 2.21. The van der Waals surface area contributed by atoms with Gasteiger partial charge in [-0.1, -0.05) is 176 Å². The average molecular weight is 649 g/mol. The van der Waals surface area contributed by atoms with Gasteiger partial charge in [0.05, 0.1) is 0 Å². The largest absolute Gasteiger partial charge is 0.455 e. The molecule has 0 saturated heterocycles. The van der Waals surface area contributed by atoms with Crippen molar-refractivity contribution in [3.05, 3.63) is 194 Å². The monoisotopic (exact) mass is 648 g/mol. The van der Waals surface area contributed by atoms with Gasteiger partial charge in [0.25, 0.3) is 0 Å². The number of rotatable bonds is 5. The summed E-state index contributed by atoms with van der Waals surface area (Å²) in [6, 6.07) is 69.8. The quantitative estimate of drug-likeness (QED) is 0.169. The SMILES string of the molecule is c1ccc(-c2oc3ccc(-c4c5ccccc5c(-c5ccc(-c6ccc7ccccc7c6)cc5)c5ccccc45)cc3c2-c2ccccc2)cc1. The van der Waals surface area contributed by atoms with Gasteiger partial charge in [-0.25, -0.2) is 0 Å². The van der Waals surface area contributed by atoms with Crippen molar-refractivity contribution >= 4 is 43.3 Å². The molecule has 51 heavy (non-hydrogen) atoms. The minimum absolute atomic E-state index is 0.883. The molecule has 1 heteroatoms. The zero-order chi connectivity index (χ0) is 33.7. The van der Waals surface area contributed by atoms with Crippen LogP contribution in [0.1, 0.15) is 0 Å². The van der Waals surface area contributed by atoms with E-state index in [0.29, 0.717) is 0 Å². The molecule has 1 nitrogen and oxygen atoms in total. The van der Waals surface area contributed by atoms with Crippen LogP contribution in [0.15, 0.2) is 199 Å². The summed E-state index contributed by atoms with van der Waals surface area (Å²) >= 11 is 0. The molecule has 0 fully saturated rings. The van der Waals surface area contributed by atoms with Gasteiger partial charge in [-0.05, 0) is 89.5 Å².